The van der Waals surface area contributed by atoms with Crippen LogP contribution in [0, 0.1) is 0 Å². The number of benzene rings is 1. The highest BCUT2D eigenvalue weighted by Gasteiger charge is 2.68. The summed E-state index contributed by atoms with van der Waals surface area (Å²) in [5.41, 5.74) is -1.47. The average molecular weight is 308 g/mol. The van der Waals surface area contributed by atoms with Crippen molar-refractivity contribution in [1.29, 1.82) is 0 Å². The van der Waals surface area contributed by atoms with Gasteiger partial charge in [0.05, 0.1) is 5.54 Å². The minimum atomic E-state index is -1.46. The number of hydrogen-bond acceptors (Lipinski definition) is 2. The van der Waals surface area contributed by atoms with E-state index in [1.54, 1.807) is 24.3 Å². The topological polar surface area (TPSA) is 40.5 Å². The van der Waals surface area contributed by atoms with Gasteiger partial charge in [-0.05, 0) is 44.4 Å². The maximum absolute atomic E-state index is 12.7. The van der Waals surface area contributed by atoms with Gasteiger partial charge in [0.25, 0.3) is 5.91 Å². The number of carbonyl (C=O) groups excluding carboxylic acids is 1. The van der Waals surface area contributed by atoms with E-state index < -0.39 is 11.1 Å². The molecule has 1 unspecified atom stereocenters. The third-order valence-corrected chi connectivity index (χ3v) is 5.43. The highest BCUT2D eigenvalue weighted by atomic mass is 35.5. The number of nitrogens with zero attached hydrogens (tertiary/aromatic N) is 1. The number of halogens is 1. The zero-order chi connectivity index (χ0) is 15.3. The van der Waals surface area contributed by atoms with E-state index in [4.69, 9.17) is 11.6 Å². The summed E-state index contributed by atoms with van der Waals surface area (Å²) in [5, 5.41) is 11.6. The molecule has 1 aromatic rings. The van der Waals surface area contributed by atoms with Gasteiger partial charge < -0.3 is 10.0 Å². The minimum absolute atomic E-state index is 0.179. The van der Waals surface area contributed by atoms with Crippen molar-refractivity contribution in [3.63, 3.8) is 0 Å². The Morgan fingerprint density at radius 2 is 1.90 bits per heavy atom. The number of aliphatic hydroxyl groups is 1. The Bertz CT molecular complexity index is 566. The maximum Gasteiger partial charge on any atom is 0.262 e. The maximum atomic E-state index is 12.7. The molecule has 1 aliphatic heterocycles. The Balaban J connectivity index is 1.93. The molecule has 2 aliphatic rings. The highest BCUT2D eigenvalue weighted by Crippen LogP contribution is 2.51. The van der Waals surface area contributed by atoms with Crippen LogP contribution in [-0.2, 0) is 10.4 Å². The second kappa shape index (κ2) is 4.99. The zero-order valence-corrected chi connectivity index (χ0v) is 13.4. The van der Waals surface area contributed by atoms with Gasteiger partial charge in [-0.15, -0.1) is 0 Å². The molecule has 1 aliphatic carbocycles. The van der Waals surface area contributed by atoms with Gasteiger partial charge in [-0.25, -0.2) is 0 Å². The van der Waals surface area contributed by atoms with Crippen molar-refractivity contribution in [2.75, 3.05) is 0 Å². The molecule has 21 heavy (non-hydrogen) atoms. The molecule has 1 atom stereocenters. The van der Waals surface area contributed by atoms with Gasteiger partial charge in [0.2, 0.25) is 0 Å². The third kappa shape index (κ3) is 2.01. The first-order chi connectivity index (χ1) is 9.89. The van der Waals surface area contributed by atoms with E-state index in [-0.39, 0.29) is 11.9 Å². The van der Waals surface area contributed by atoms with E-state index in [0.717, 1.165) is 12.8 Å². The number of hydrogen-bond donors (Lipinski definition) is 1. The molecule has 4 heteroatoms. The van der Waals surface area contributed by atoms with Crippen LogP contribution in [-0.4, -0.2) is 27.5 Å². The van der Waals surface area contributed by atoms with Crippen LogP contribution in [0.15, 0.2) is 24.3 Å². The Labute approximate surface area is 130 Å². The van der Waals surface area contributed by atoms with E-state index >= 15 is 0 Å². The molecule has 0 spiro atoms. The summed E-state index contributed by atoms with van der Waals surface area (Å²) in [6, 6.07) is 7.27. The lowest BCUT2D eigenvalue weighted by Crippen LogP contribution is -2.80. The van der Waals surface area contributed by atoms with Crippen LogP contribution in [0.5, 0.6) is 0 Å². The highest BCUT2D eigenvalue weighted by molar-refractivity contribution is 6.30. The summed E-state index contributed by atoms with van der Waals surface area (Å²) in [5.74, 6) is -0.179. The second-order valence-corrected chi connectivity index (χ2v) is 7.18. The van der Waals surface area contributed by atoms with Gasteiger partial charge in [-0.2, -0.15) is 0 Å². The molecule has 0 aromatic heterocycles. The molecule has 2 fully saturated rings. The van der Waals surface area contributed by atoms with Crippen molar-refractivity contribution in [2.24, 2.45) is 0 Å². The Morgan fingerprint density at radius 1 is 1.24 bits per heavy atom. The van der Waals surface area contributed by atoms with Crippen molar-refractivity contribution < 1.29 is 9.90 Å². The summed E-state index contributed by atoms with van der Waals surface area (Å²) in [6.07, 6.45) is 5.67. The number of amides is 1. The number of carbonyl (C=O) groups is 1. The Morgan fingerprint density at radius 3 is 2.48 bits per heavy atom. The molecule has 1 heterocycles. The van der Waals surface area contributed by atoms with Crippen molar-refractivity contribution >= 4 is 17.5 Å². The number of likely N-dealkylation sites (tertiary alicyclic amines) is 1. The second-order valence-electron chi connectivity index (χ2n) is 6.75. The number of β-lactam (4-membered cyclic amide) rings is 1. The average Bonchev–Trinajstić information content (AvgIpc) is 2.47. The third-order valence-electron chi connectivity index (χ3n) is 5.20. The van der Waals surface area contributed by atoms with Gasteiger partial charge in [-0.1, -0.05) is 43.0 Å². The van der Waals surface area contributed by atoms with Crippen molar-refractivity contribution in [3.05, 3.63) is 34.9 Å². The predicted octanol–water partition coefficient (Wildman–Crippen LogP) is 3.48. The molecule has 3 nitrogen and oxygen atoms in total. The van der Waals surface area contributed by atoms with Crippen LogP contribution in [0.4, 0.5) is 0 Å². The smallest absolute Gasteiger partial charge is 0.262 e. The molecule has 1 saturated heterocycles. The lowest BCUT2D eigenvalue weighted by Gasteiger charge is -2.62. The van der Waals surface area contributed by atoms with Crippen LogP contribution in [0.3, 0.4) is 0 Å². The summed E-state index contributed by atoms with van der Waals surface area (Å²) in [4.78, 5) is 14.6. The molecule has 1 amide bonds. The van der Waals surface area contributed by atoms with Gasteiger partial charge in [0, 0.05) is 11.1 Å². The van der Waals surface area contributed by atoms with E-state index in [1.165, 1.54) is 19.3 Å². The molecule has 1 N–H and O–H groups in total. The normalized spacial score (nSPS) is 29.3. The largest absolute Gasteiger partial charge is 0.374 e. The predicted molar refractivity (Wildman–Crippen MR) is 83.1 cm³/mol. The molecule has 1 aromatic carbocycles. The first kappa shape index (κ1) is 14.9. The molecule has 0 radical (unpaired) electrons. The summed E-state index contributed by atoms with van der Waals surface area (Å²) in [6.45, 7) is 3.90. The quantitative estimate of drug-likeness (QED) is 0.850. The fraction of sp³-hybridized carbons (Fsp3) is 0.588. The lowest BCUT2D eigenvalue weighted by molar-refractivity contribution is -0.224. The Kier molecular flexibility index (Phi) is 3.53. The summed E-state index contributed by atoms with van der Waals surface area (Å²) < 4.78 is 0. The van der Waals surface area contributed by atoms with E-state index in [0.29, 0.717) is 10.6 Å². The van der Waals surface area contributed by atoms with Gasteiger partial charge in [0.15, 0.2) is 5.60 Å². The zero-order valence-electron chi connectivity index (χ0n) is 12.6. The fourth-order valence-corrected chi connectivity index (χ4v) is 4.15. The van der Waals surface area contributed by atoms with Crippen molar-refractivity contribution in [1.82, 2.24) is 4.90 Å². The molecule has 3 rings (SSSR count). The standard InChI is InChI=1S/C17H22ClNO2/c1-16(2)17(21,12-7-6-8-13(18)11-12)15(20)19(16)14-9-4-3-5-10-14/h6-8,11,14,21H,3-5,9-10H2,1-2H3. The van der Waals surface area contributed by atoms with Crippen LogP contribution >= 0.6 is 11.6 Å². The van der Waals surface area contributed by atoms with Crippen LogP contribution in [0.1, 0.15) is 51.5 Å². The lowest BCUT2D eigenvalue weighted by atomic mass is 9.66. The first-order valence-electron chi connectivity index (χ1n) is 7.71. The SMILES string of the molecule is CC1(C)N(C2CCCCC2)C(=O)C1(O)c1cccc(Cl)c1. The van der Waals surface area contributed by atoms with Crippen LogP contribution < -0.4 is 0 Å². The molecular formula is C17H22ClNO2. The minimum Gasteiger partial charge on any atom is -0.374 e. The monoisotopic (exact) mass is 307 g/mol. The van der Waals surface area contributed by atoms with E-state index in [9.17, 15) is 9.90 Å². The van der Waals surface area contributed by atoms with Crippen LogP contribution in [0.25, 0.3) is 0 Å². The van der Waals surface area contributed by atoms with Crippen molar-refractivity contribution in [2.45, 2.75) is 63.1 Å². The molecule has 114 valence electrons. The van der Waals surface area contributed by atoms with Crippen LogP contribution in [0.2, 0.25) is 5.02 Å². The van der Waals surface area contributed by atoms with E-state index in [1.807, 2.05) is 18.7 Å². The van der Waals surface area contributed by atoms with Gasteiger partial charge in [0.1, 0.15) is 0 Å². The molecular weight excluding hydrogens is 286 g/mol. The summed E-state index contributed by atoms with van der Waals surface area (Å²) >= 11 is 6.02. The molecule has 1 saturated carbocycles. The molecule has 0 bridgehead atoms. The van der Waals surface area contributed by atoms with Gasteiger partial charge in [-0.3, -0.25) is 4.79 Å². The van der Waals surface area contributed by atoms with E-state index in [2.05, 4.69) is 0 Å². The Hall–Kier alpha value is -1.06. The fourth-order valence-electron chi connectivity index (χ4n) is 3.96. The van der Waals surface area contributed by atoms with Crippen molar-refractivity contribution in [3.8, 4) is 0 Å². The number of rotatable bonds is 2. The summed E-state index contributed by atoms with van der Waals surface area (Å²) in [7, 11) is 0. The van der Waals surface area contributed by atoms with Gasteiger partial charge >= 0.3 is 0 Å². The first-order valence-corrected chi connectivity index (χ1v) is 8.09.